The number of halogens is 3. The van der Waals surface area contributed by atoms with Crippen molar-refractivity contribution in [2.24, 2.45) is 7.05 Å². The molecule has 0 atom stereocenters. The molecule has 0 saturated carbocycles. The van der Waals surface area contributed by atoms with Crippen molar-refractivity contribution in [1.29, 1.82) is 0 Å². The lowest BCUT2D eigenvalue weighted by molar-refractivity contribution is 0.101. The van der Waals surface area contributed by atoms with Crippen molar-refractivity contribution in [2.75, 3.05) is 5.32 Å². The molecule has 0 aliphatic carbocycles. The number of para-hydroxylation sites is 1. The molecule has 1 heterocycles. The average molecular weight is 344 g/mol. The number of rotatable bonds is 4. The van der Waals surface area contributed by atoms with Gasteiger partial charge in [0.15, 0.2) is 0 Å². The van der Waals surface area contributed by atoms with E-state index in [0.717, 1.165) is 0 Å². The summed E-state index contributed by atoms with van der Waals surface area (Å²) in [6.45, 7) is 0. The lowest BCUT2D eigenvalue weighted by atomic mass is 10.0. The molecular weight excluding hydrogens is 329 g/mol. The van der Waals surface area contributed by atoms with Crippen LogP contribution in [0.3, 0.4) is 0 Å². The Bertz CT molecular complexity index is 901. The zero-order chi connectivity index (χ0) is 18.0. The van der Waals surface area contributed by atoms with E-state index in [1.807, 2.05) is 0 Å². The van der Waals surface area contributed by atoms with Crippen LogP contribution >= 0.6 is 0 Å². The first-order valence-electron chi connectivity index (χ1n) is 7.56. The number of hydrogen-bond donors (Lipinski definition) is 1. The number of carbonyl (C=O) groups excluding carboxylic acids is 1. The molecule has 3 nitrogen and oxygen atoms in total. The molecule has 0 aliphatic heterocycles. The summed E-state index contributed by atoms with van der Waals surface area (Å²) in [5.41, 5.74) is 1.44. The Labute approximate surface area is 142 Å². The third-order valence-corrected chi connectivity index (χ3v) is 3.80. The minimum atomic E-state index is -2.74. The maximum Gasteiger partial charge on any atom is 0.266 e. The molecule has 0 bridgehead atoms. The number of carbonyl (C=O) groups is 1. The molecule has 3 rings (SSSR count). The highest BCUT2D eigenvalue weighted by Gasteiger charge is 2.21. The van der Waals surface area contributed by atoms with E-state index in [1.54, 1.807) is 43.4 Å². The minimum Gasteiger partial charge on any atom is -0.356 e. The van der Waals surface area contributed by atoms with E-state index >= 15 is 0 Å². The van der Waals surface area contributed by atoms with E-state index in [1.165, 1.54) is 29.1 Å². The number of amides is 1. The average Bonchev–Trinajstić information content (AvgIpc) is 2.99. The first-order valence-corrected chi connectivity index (χ1v) is 7.56. The third kappa shape index (κ3) is 3.57. The summed E-state index contributed by atoms with van der Waals surface area (Å²) in [4.78, 5) is 12.5. The number of nitrogens with zero attached hydrogens (tertiary/aromatic N) is 1. The minimum absolute atomic E-state index is 0.0774. The highest BCUT2D eigenvalue weighted by atomic mass is 19.3. The Morgan fingerprint density at radius 3 is 2.40 bits per heavy atom. The van der Waals surface area contributed by atoms with Crippen molar-refractivity contribution in [2.45, 2.75) is 6.43 Å². The molecule has 0 saturated heterocycles. The molecular formula is C19H15F3N2O. The summed E-state index contributed by atoms with van der Waals surface area (Å²) in [7, 11) is 1.58. The zero-order valence-electron chi connectivity index (χ0n) is 13.3. The Morgan fingerprint density at radius 1 is 1.04 bits per heavy atom. The second kappa shape index (κ2) is 6.84. The van der Waals surface area contributed by atoms with Crippen molar-refractivity contribution in [3.8, 4) is 11.1 Å². The number of alkyl halides is 2. The predicted octanol–water partition coefficient (Wildman–Crippen LogP) is 5.02. The molecule has 0 unspecified atom stereocenters. The number of aromatic nitrogens is 1. The fourth-order valence-electron chi connectivity index (χ4n) is 2.63. The lowest BCUT2D eigenvalue weighted by Gasteiger charge is -2.11. The van der Waals surface area contributed by atoms with E-state index in [2.05, 4.69) is 5.32 Å². The SMILES string of the molecule is Cn1cc(C(=O)Nc2ccccc2-c2ccc(F)cc2)c(C(F)F)c1. The van der Waals surface area contributed by atoms with Crippen LogP contribution in [0.25, 0.3) is 11.1 Å². The molecule has 1 amide bonds. The Hall–Kier alpha value is -3.02. The van der Waals surface area contributed by atoms with Gasteiger partial charge >= 0.3 is 0 Å². The predicted molar refractivity (Wildman–Crippen MR) is 90.2 cm³/mol. The molecule has 25 heavy (non-hydrogen) atoms. The van der Waals surface area contributed by atoms with E-state index in [9.17, 15) is 18.0 Å². The number of benzene rings is 2. The van der Waals surface area contributed by atoms with E-state index < -0.39 is 12.3 Å². The van der Waals surface area contributed by atoms with Gasteiger partial charge in [-0.15, -0.1) is 0 Å². The molecule has 3 aromatic rings. The summed E-state index contributed by atoms with van der Waals surface area (Å²) in [5, 5.41) is 2.67. The fourth-order valence-corrected chi connectivity index (χ4v) is 2.63. The highest BCUT2D eigenvalue weighted by Crippen LogP contribution is 2.29. The van der Waals surface area contributed by atoms with Crippen molar-refractivity contribution in [3.63, 3.8) is 0 Å². The van der Waals surface area contributed by atoms with Gasteiger partial charge in [0, 0.05) is 36.3 Å². The number of aryl methyl sites for hydroxylation is 1. The van der Waals surface area contributed by atoms with Crippen molar-refractivity contribution < 1.29 is 18.0 Å². The van der Waals surface area contributed by atoms with Crippen LogP contribution in [-0.4, -0.2) is 10.5 Å². The molecule has 0 fully saturated rings. The van der Waals surface area contributed by atoms with Crippen LogP contribution < -0.4 is 5.32 Å². The van der Waals surface area contributed by atoms with Gasteiger partial charge in [-0.1, -0.05) is 30.3 Å². The van der Waals surface area contributed by atoms with Gasteiger partial charge in [-0.05, 0) is 23.8 Å². The van der Waals surface area contributed by atoms with Gasteiger partial charge in [-0.25, -0.2) is 13.2 Å². The van der Waals surface area contributed by atoms with Crippen molar-refractivity contribution in [1.82, 2.24) is 4.57 Å². The van der Waals surface area contributed by atoms with E-state index in [4.69, 9.17) is 0 Å². The van der Waals surface area contributed by atoms with Crippen LogP contribution in [0.1, 0.15) is 22.3 Å². The zero-order valence-corrected chi connectivity index (χ0v) is 13.3. The van der Waals surface area contributed by atoms with E-state index in [-0.39, 0.29) is 16.9 Å². The van der Waals surface area contributed by atoms with Gasteiger partial charge < -0.3 is 9.88 Å². The topological polar surface area (TPSA) is 34.0 Å². The van der Waals surface area contributed by atoms with Crippen LogP contribution in [0.4, 0.5) is 18.9 Å². The maximum absolute atomic E-state index is 13.1. The summed E-state index contributed by atoms with van der Waals surface area (Å²) >= 11 is 0. The maximum atomic E-state index is 13.1. The van der Waals surface area contributed by atoms with Gasteiger partial charge in [-0.3, -0.25) is 4.79 Å². The Balaban J connectivity index is 1.94. The first-order chi connectivity index (χ1) is 12.0. The van der Waals surface area contributed by atoms with Gasteiger partial charge in [-0.2, -0.15) is 0 Å². The summed E-state index contributed by atoms with van der Waals surface area (Å²) < 4.78 is 40.7. The largest absolute Gasteiger partial charge is 0.356 e. The third-order valence-electron chi connectivity index (χ3n) is 3.80. The highest BCUT2D eigenvalue weighted by molar-refractivity contribution is 6.07. The normalized spacial score (nSPS) is 10.9. The van der Waals surface area contributed by atoms with Crippen LogP contribution in [0, 0.1) is 5.82 Å². The first kappa shape index (κ1) is 16.8. The summed E-state index contributed by atoms with van der Waals surface area (Å²) in [6, 6.07) is 12.8. The quantitative estimate of drug-likeness (QED) is 0.708. The second-order valence-corrected chi connectivity index (χ2v) is 5.60. The number of hydrogen-bond acceptors (Lipinski definition) is 1. The lowest BCUT2D eigenvalue weighted by Crippen LogP contribution is -2.13. The molecule has 1 aromatic heterocycles. The Kier molecular flexibility index (Phi) is 4.61. The van der Waals surface area contributed by atoms with Crippen LogP contribution in [-0.2, 0) is 7.05 Å². The van der Waals surface area contributed by atoms with Crippen LogP contribution in [0.2, 0.25) is 0 Å². The fraction of sp³-hybridized carbons (Fsp3) is 0.105. The molecule has 6 heteroatoms. The van der Waals surface area contributed by atoms with Crippen LogP contribution in [0.15, 0.2) is 60.9 Å². The Morgan fingerprint density at radius 2 is 1.72 bits per heavy atom. The molecule has 0 radical (unpaired) electrons. The van der Waals surface area contributed by atoms with Gasteiger partial charge in [0.05, 0.1) is 5.56 Å². The van der Waals surface area contributed by atoms with Gasteiger partial charge in [0.2, 0.25) is 0 Å². The molecule has 1 N–H and O–H groups in total. The van der Waals surface area contributed by atoms with Crippen molar-refractivity contribution in [3.05, 3.63) is 77.9 Å². The van der Waals surface area contributed by atoms with Crippen molar-refractivity contribution >= 4 is 11.6 Å². The number of anilines is 1. The van der Waals surface area contributed by atoms with Crippen LogP contribution in [0.5, 0.6) is 0 Å². The summed E-state index contributed by atoms with van der Waals surface area (Å²) in [6.07, 6.45) is -0.155. The molecule has 128 valence electrons. The number of nitrogens with one attached hydrogen (secondary N) is 1. The summed E-state index contributed by atoms with van der Waals surface area (Å²) in [5.74, 6) is -0.985. The van der Waals surface area contributed by atoms with Gasteiger partial charge in [0.1, 0.15) is 5.82 Å². The van der Waals surface area contributed by atoms with E-state index in [0.29, 0.717) is 16.8 Å². The smallest absolute Gasteiger partial charge is 0.266 e. The monoisotopic (exact) mass is 344 g/mol. The molecule has 0 spiro atoms. The second-order valence-electron chi connectivity index (χ2n) is 5.60. The standard InChI is InChI=1S/C19H15F3N2O/c1-24-10-15(18(21)22)16(11-24)19(25)23-17-5-3-2-4-14(17)12-6-8-13(20)9-7-12/h2-11,18H,1H3,(H,23,25). The molecule has 0 aliphatic rings. The molecule has 2 aromatic carbocycles. The van der Waals surface area contributed by atoms with Gasteiger partial charge in [0.25, 0.3) is 12.3 Å².